The summed E-state index contributed by atoms with van der Waals surface area (Å²) in [5.74, 6) is -0.647. The molecule has 0 fully saturated rings. The van der Waals surface area contributed by atoms with Gasteiger partial charge in [0.25, 0.3) is 5.91 Å². The van der Waals surface area contributed by atoms with Gasteiger partial charge in [-0.15, -0.1) is 0 Å². The number of aliphatic hydroxyl groups is 1. The molecule has 0 aliphatic carbocycles. The first-order valence-corrected chi connectivity index (χ1v) is 14.1. The van der Waals surface area contributed by atoms with Crippen molar-refractivity contribution in [3.8, 4) is 22.6 Å². The first-order valence-electron chi connectivity index (χ1n) is 11.8. The van der Waals surface area contributed by atoms with Gasteiger partial charge in [-0.2, -0.15) is 0 Å². The van der Waals surface area contributed by atoms with Gasteiger partial charge in [0.05, 0.1) is 23.2 Å². The Hall–Kier alpha value is -3.47. The van der Waals surface area contributed by atoms with E-state index in [0.717, 1.165) is 22.5 Å². The number of unbranched alkanes of at least 4 members (excludes halogenated alkanes) is 1. The average molecular weight is 560 g/mol. The standard InChI is InChI=1S/C27H27ClFN3O5S/c1-30-27(34)24-20-14-19(21-12-9-17(26(28)31-21)6-4-5-13-33)22(32(2)38(3,35)36)15-23(20)37-25(24)16-7-10-18(29)11-8-16/h7-12,14-15,33H,4-6,13H2,1-3H3,(H,30,34). The molecule has 2 aromatic carbocycles. The lowest BCUT2D eigenvalue weighted by atomic mass is 10.00. The molecule has 4 rings (SSSR count). The van der Waals surface area contributed by atoms with Crippen molar-refractivity contribution in [2.24, 2.45) is 0 Å². The van der Waals surface area contributed by atoms with Crippen molar-refractivity contribution in [1.29, 1.82) is 0 Å². The molecule has 11 heteroatoms. The minimum absolute atomic E-state index is 0.0859. The third-order valence-corrected chi connectivity index (χ3v) is 7.78. The number of carbonyl (C=O) groups is 1. The van der Waals surface area contributed by atoms with Crippen molar-refractivity contribution >= 4 is 44.2 Å². The van der Waals surface area contributed by atoms with E-state index < -0.39 is 21.7 Å². The van der Waals surface area contributed by atoms with Crippen LogP contribution in [-0.4, -0.2) is 51.4 Å². The van der Waals surface area contributed by atoms with Crippen LogP contribution in [0.2, 0.25) is 5.15 Å². The number of hydrogen-bond donors (Lipinski definition) is 2. The number of halogens is 2. The first-order chi connectivity index (χ1) is 18.0. The van der Waals surface area contributed by atoms with Crippen molar-refractivity contribution in [2.75, 3.05) is 31.3 Å². The predicted molar refractivity (Wildman–Crippen MR) is 147 cm³/mol. The number of aromatic nitrogens is 1. The van der Waals surface area contributed by atoms with Gasteiger partial charge in [-0.3, -0.25) is 9.10 Å². The zero-order valence-electron chi connectivity index (χ0n) is 21.1. The Bertz CT molecular complexity index is 1600. The van der Waals surface area contributed by atoms with Crippen LogP contribution in [0.1, 0.15) is 28.8 Å². The summed E-state index contributed by atoms with van der Waals surface area (Å²) in [4.78, 5) is 17.5. The second kappa shape index (κ2) is 11.1. The molecule has 38 heavy (non-hydrogen) atoms. The van der Waals surface area contributed by atoms with Crippen LogP contribution in [-0.2, 0) is 16.4 Å². The highest BCUT2D eigenvalue weighted by Crippen LogP contribution is 2.41. The Morgan fingerprint density at radius 2 is 1.87 bits per heavy atom. The number of pyridine rings is 1. The summed E-state index contributed by atoms with van der Waals surface area (Å²) >= 11 is 6.48. The Morgan fingerprint density at radius 1 is 1.16 bits per heavy atom. The van der Waals surface area contributed by atoms with Crippen molar-refractivity contribution < 1.29 is 27.1 Å². The van der Waals surface area contributed by atoms with Gasteiger partial charge in [-0.1, -0.05) is 17.7 Å². The van der Waals surface area contributed by atoms with E-state index in [1.165, 1.54) is 44.4 Å². The number of anilines is 1. The molecule has 0 bridgehead atoms. The molecular weight excluding hydrogens is 533 g/mol. The third-order valence-electron chi connectivity index (χ3n) is 6.26. The number of hydrogen-bond acceptors (Lipinski definition) is 6. The number of aryl methyl sites for hydroxylation is 1. The van der Waals surface area contributed by atoms with Crippen molar-refractivity contribution in [3.05, 3.63) is 70.6 Å². The zero-order chi connectivity index (χ0) is 27.6. The van der Waals surface area contributed by atoms with E-state index in [9.17, 15) is 17.6 Å². The van der Waals surface area contributed by atoms with Crippen molar-refractivity contribution in [3.63, 3.8) is 0 Å². The minimum Gasteiger partial charge on any atom is -0.455 e. The van der Waals surface area contributed by atoms with E-state index >= 15 is 0 Å². The second-order valence-corrected chi connectivity index (χ2v) is 11.2. The average Bonchev–Trinajstić information content (AvgIpc) is 3.26. The Balaban J connectivity index is 1.97. The highest BCUT2D eigenvalue weighted by atomic mass is 35.5. The van der Waals surface area contributed by atoms with Gasteiger partial charge in [0, 0.05) is 43.3 Å². The molecule has 0 spiro atoms. The highest BCUT2D eigenvalue weighted by Gasteiger charge is 2.26. The number of sulfonamides is 1. The fourth-order valence-electron chi connectivity index (χ4n) is 4.16. The van der Waals surface area contributed by atoms with Crippen LogP contribution in [0.25, 0.3) is 33.6 Å². The summed E-state index contributed by atoms with van der Waals surface area (Å²) < 4.78 is 45.8. The van der Waals surface area contributed by atoms with E-state index in [0.29, 0.717) is 35.0 Å². The summed E-state index contributed by atoms with van der Waals surface area (Å²) in [6.45, 7) is 0.0859. The van der Waals surface area contributed by atoms with Gasteiger partial charge >= 0.3 is 0 Å². The number of furan rings is 1. The van der Waals surface area contributed by atoms with Crippen LogP contribution in [0.5, 0.6) is 0 Å². The molecule has 2 aromatic heterocycles. The van der Waals surface area contributed by atoms with Crippen LogP contribution in [0, 0.1) is 5.82 Å². The summed E-state index contributed by atoms with van der Waals surface area (Å²) in [6.07, 6.45) is 3.08. The van der Waals surface area contributed by atoms with Crippen molar-refractivity contribution in [1.82, 2.24) is 10.3 Å². The van der Waals surface area contributed by atoms with E-state index in [4.69, 9.17) is 21.1 Å². The summed E-state index contributed by atoms with van der Waals surface area (Å²) in [7, 11) is -0.787. The van der Waals surface area contributed by atoms with Gasteiger partial charge in [0.2, 0.25) is 10.0 Å². The van der Waals surface area contributed by atoms with E-state index in [1.54, 1.807) is 12.1 Å². The summed E-state index contributed by atoms with van der Waals surface area (Å²) in [6, 6.07) is 12.3. The molecule has 0 aliphatic heterocycles. The SMILES string of the molecule is CNC(=O)c1c(-c2ccc(F)cc2)oc2cc(N(C)S(C)(=O)=O)c(-c3ccc(CCCCO)c(Cl)n3)cc12. The predicted octanol–water partition coefficient (Wildman–Crippen LogP) is 5.02. The molecule has 4 aromatic rings. The Morgan fingerprint density at radius 3 is 2.47 bits per heavy atom. The lowest BCUT2D eigenvalue weighted by molar-refractivity contribution is 0.0964. The number of nitrogens with one attached hydrogen (secondary N) is 1. The van der Waals surface area contributed by atoms with Crippen molar-refractivity contribution in [2.45, 2.75) is 19.3 Å². The Kier molecular flexibility index (Phi) is 8.05. The van der Waals surface area contributed by atoms with Crippen LogP contribution >= 0.6 is 11.6 Å². The first kappa shape index (κ1) is 27.6. The van der Waals surface area contributed by atoms with Crippen LogP contribution in [0.3, 0.4) is 0 Å². The number of benzene rings is 2. The quantitative estimate of drug-likeness (QED) is 0.220. The minimum atomic E-state index is -3.68. The van der Waals surface area contributed by atoms with Crippen LogP contribution in [0.15, 0.2) is 52.9 Å². The number of nitrogens with zero attached hydrogens (tertiary/aromatic N) is 2. The maximum atomic E-state index is 13.6. The molecule has 0 radical (unpaired) electrons. The number of rotatable bonds is 9. The molecule has 200 valence electrons. The van der Waals surface area contributed by atoms with Gasteiger partial charge in [0.1, 0.15) is 22.3 Å². The van der Waals surface area contributed by atoms with Gasteiger partial charge < -0.3 is 14.8 Å². The lowest BCUT2D eigenvalue weighted by Gasteiger charge is -2.20. The Labute approximate surface area is 225 Å². The fourth-order valence-corrected chi connectivity index (χ4v) is 4.92. The molecule has 2 N–H and O–H groups in total. The van der Waals surface area contributed by atoms with Gasteiger partial charge in [-0.05, 0) is 61.2 Å². The highest BCUT2D eigenvalue weighted by molar-refractivity contribution is 7.92. The maximum absolute atomic E-state index is 13.6. The molecule has 0 atom stereocenters. The fraction of sp³-hybridized carbons (Fsp3) is 0.259. The maximum Gasteiger partial charge on any atom is 0.255 e. The summed E-state index contributed by atoms with van der Waals surface area (Å²) in [5.41, 5.74) is 2.87. The third kappa shape index (κ3) is 5.52. The molecule has 0 saturated carbocycles. The normalized spacial score (nSPS) is 11.6. The van der Waals surface area contributed by atoms with E-state index in [1.807, 2.05) is 6.07 Å². The smallest absolute Gasteiger partial charge is 0.255 e. The van der Waals surface area contributed by atoms with E-state index in [-0.39, 0.29) is 34.4 Å². The number of carbonyl (C=O) groups excluding carboxylic acids is 1. The largest absolute Gasteiger partial charge is 0.455 e. The second-order valence-electron chi connectivity index (χ2n) is 8.82. The zero-order valence-corrected chi connectivity index (χ0v) is 22.7. The lowest BCUT2D eigenvalue weighted by Crippen LogP contribution is -2.25. The number of fused-ring (bicyclic) bond motifs is 1. The molecular formula is C27H27ClFN3O5S. The van der Waals surface area contributed by atoms with E-state index in [2.05, 4.69) is 10.3 Å². The number of aliphatic hydroxyl groups excluding tert-OH is 1. The van der Waals surface area contributed by atoms with Gasteiger partial charge in [-0.25, -0.2) is 17.8 Å². The molecule has 2 heterocycles. The molecule has 1 amide bonds. The topological polar surface area (TPSA) is 113 Å². The van der Waals surface area contributed by atoms with Crippen LogP contribution in [0.4, 0.5) is 10.1 Å². The molecule has 0 aliphatic rings. The molecule has 0 unspecified atom stereocenters. The monoisotopic (exact) mass is 559 g/mol. The summed E-state index contributed by atoms with van der Waals surface area (Å²) in [5, 5.41) is 12.3. The number of amides is 1. The van der Waals surface area contributed by atoms with Crippen LogP contribution < -0.4 is 9.62 Å². The van der Waals surface area contributed by atoms with Gasteiger partial charge in [0.15, 0.2) is 0 Å². The molecule has 8 nitrogen and oxygen atoms in total. The molecule has 0 saturated heterocycles.